The molecule has 2 aromatic carbocycles. The van der Waals surface area contributed by atoms with Gasteiger partial charge in [0.15, 0.2) is 5.78 Å². The van der Waals surface area contributed by atoms with Gasteiger partial charge in [0.1, 0.15) is 17.4 Å². The SMILES string of the molecule is Cc1ccc2c(=O)c(C(=O)c3ccc(Cl)cc3)coc2c1. The van der Waals surface area contributed by atoms with Crippen LogP contribution in [0.3, 0.4) is 0 Å². The Bertz CT molecular complexity index is 892. The van der Waals surface area contributed by atoms with E-state index in [0.717, 1.165) is 5.56 Å². The van der Waals surface area contributed by atoms with Crippen LogP contribution in [0.15, 0.2) is 57.9 Å². The van der Waals surface area contributed by atoms with Crippen LogP contribution in [0.2, 0.25) is 5.02 Å². The second kappa shape index (κ2) is 5.19. The van der Waals surface area contributed by atoms with Gasteiger partial charge in [-0.05, 0) is 48.9 Å². The molecule has 0 N–H and O–H groups in total. The van der Waals surface area contributed by atoms with Crippen molar-refractivity contribution in [1.82, 2.24) is 0 Å². The fourth-order valence-corrected chi connectivity index (χ4v) is 2.28. The maximum Gasteiger partial charge on any atom is 0.203 e. The van der Waals surface area contributed by atoms with Crippen LogP contribution in [0.4, 0.5) is 0 Å². The lowest BCUT2D eigenvalue weighted by atomic mass is 10.0. The zero-order valence-corrected chi connectivity index (χ0v) is 12.0. The number of carbonyl (C=O) groups is 1. The van der Waals surface area contributed by atoms with E-state index in [1.54, 1.807) is 36.4 Å². The third-order valence-corrected chi connectivity index (χ3v) is 3.53. The fourth-order valence-electron chi connectivity index (χ4n) is 2.15. The van der Waals surface area contributed by atoms with Crippen LogP contribution >= 0.6 is 11.6 Å². The van der Waals surface area contributed by atoms with Gasteiger partial charge in [0.05, 0.1) is 5.39 Å². The van der Waals surface area contributed by atoms with Gasteiger partial charge in [0, 0.05) is 10.6 Å². The number of aryl methyl sites for hydroxylation is 1. The minimum atomic E-state index is -0.372. The molecule has 0 radical (unpaired) electrons. The molecule has 0 aliphatic heterocycles. The number of fused-ring (bicyclic) bond motifs is 1. The minimum Gasteiger partial charge on any atom is -0.463 e. The normalized spacial score (nSPS) is 10.8. The highest BCUT2D eigenvalue weighted by Gasteiger charge is 2.16. The van der Waals surface area contributed by atoms with E-state index in [9.17, 15) is 9.59 Å². The standard InChI is InChI=1S/C17H11ClO3/c1-10-2-7-13-15(8-10)21-9-14(17(13)20)16(19)11-3-5-12(18)6-4-11/h2-9H,1H3. The summed E-state index contributed by atoms with van der Waals surface area (Å²) in [6.45, 7) is 1.91. The average molecular weight is 299 g/mol. The lowest BCUT2D eigenvalue weighted by Crippen LogP contribution is -2.15. The van der Waals surface area contributed by atoms with Gasteiger partial charge >= 0.3 is 0 Å². The van der Waals surface area contributed by atoms with E-state index in [4.69, 9.17) is 16.0 Å². The molecular formula is C17H11ClO3. The molecule has 0 unspecified atom stereocenters. The molecule has 3 aromatic rings. The summed E-state index contributed by atoms with van der Waals surface area (Å²) in [5.41, 5.74) is 1.57. The fraction of sp³-hybridized carbons (Fsp3) is 0.0588. The molecule has 0 bridgehead atoms. The van der Waals surface area contributed by atoms with Crippen LogP contribution in [-0.2, 0) is 0 Å². The highest BCUT2D eigenvalue weighted by molar-refractivity contribution is 6.30. The van der Waals surface area contributed by atoms with Gasteiger partial charge in [0.2, 0.25) is 5.43 Å². The Morgan fingerprint density at radius 2 is 1.81 bits per heavy atom. The molecule has 0 atom stereocenters. The van der Waals surface area contributed by atoms with Crippen LogP contribution in [0.5, 0.6) is 0 Å². The van der Waals surface area contributed by atoms with Crippen molar-refractivity contribution in [3.8, 4) is 0 Å². The highest BCUT2D eigenvalue weighted by atomic mass is 35.5. The smallest absolute Gasteiger partial charge is 0.203 e. The molecular weight excluding hydrogens is 288 g/mol. The first-order valence-electron chi connectivity index (χ1n) is 6.39. The van der Waals surface area contributed by atoms with Crippen molar-refractivity contribution in [1.29, 1.82) is 0 Å². The Morgan fingerprint density at radius 3 is 2.52 bits per heavy atom. The molecule has 0 saturated carbocycles. The first kappa shape index (κ1) is 13.6. The molecule has 1 heterocycles. The van der Waals surface area contributed by atoms with Crippen molar-refractivity contribution in [2.24, 2.45) is 0 Å². The molecule has 3 nitrogen and oxygen atoms in total. The number of hydrogen-bond donors (Lipinski definition) is 0. The number of rotatable bonds is 2. The van der Waals surface area contributed by atoms with Crippen LogP contribution in [-0.4, -0.2) is 5.78 Å². The van der Waals surface area contributed by atoms with Crippen molar-refractivity contribution < 1.29 is 9.21 Å². The van der Waals surface area contributed by atoms with Gasteiger partial charge in [-0.3, -0.25) is 9.59 Å². The van der Waals surface area contributed by atoms with E-state index >= 15 is 0 Å². The van der Waals surface area contributed by atoms with Crippen molar-refractivity contribution in [2.75, 3.05) is 0 Å². The summed E-state index contributed by atoms with van der Waals surface area (Å²) in [6.07, 6.45) is 1.22. The first-order valence-corrected chi connectivity index (χ1v) is 6.76. The van der Waals surface area contributed by atoms with Crippen molar-refractivity contribution in [2.45, 2.75) is 6.92 Å². The van der Waals surface area contributed by atoms with E-state index < -0.39 is 0 Å². The Morgan fingerprint density at radius 1 is 1.10 bits per heavy atom. The predicted molar refractivity (Wildman–Crippen MR) is 82.1 cm³/mol. The van der Waals surface area contributed by atoms with Gasteiger partial charge in [0.25, 0.3) is 0 Å². The molecule has 0 fully saturated rings. The Balaban J connectivity index is 2.14. The second-order valence-electron chi connectivity index (χ2n) is 4.81. The molecule has 0 aliphatic carbocycles. The molecule has 0 spiro atoms. The maximum absolute atomic E-state index is 12.4. The molecule has 0 saturated heterocycles. The number of carbonyl (C=O) groups excluding carboxylic acids is 1. The lowest BCUT2D eigenvalue weighted by Gasteiger charge is -2.03. The molecule has 0 aliphatic rings. The average Bonchev–Trinajstić information content (AvgIpc) is 2.47. The molecule has 0 amide bonds. The Hall–Kier alpha value is -2.39. The maximum atomic E-state index is 12.4. The number of benzene rings is 2. The first-order chi connectivity index (χ1) is 10.1. The number of hydrogen-bond acceptors (Lipinski definition) is 3. The van der Waals surface area contributed by atoms with E-state index in [0.29, 0.717) is 21.6 Å². The predicted octanol–water partition coefficient (Wildman–Crippen LogP) is 3.99. The summed E-state index contributed by atoms with van der Waals surface area (Å²) in [6, 6.07) is 11.7. The minimum absolute atomic E-state index is 0.0219. The summed E-state index contributed by atoms with van der Waals surface area (Å²) in [4.78, 5) is 24.8. The summed E-state index contributed by atoms with van der Waals surface area (Å²) in [7, 11) is 0. The third kappa shape index (κ3) is 2.48. The Labute approximate surface area is 125 Å². The summed E-state index contributed by atoms with van der Waals surface area (Å²) in [5, 5.41) is 0.938. The van der Waals surface area contributed by atoms with E-state index in [1.165, 1.54) is 6.26 Å². The van der Waals surface area contributed by atoms with Crippen molar-refractivity contribution in [3.05, 3.63) is 80.7 Å². The van der Waals surface area contributed by atoms with Crippen molar-refractivity contribution in [3.63, 3.8) is 0 Å². The number of ketones is 1. The van der Waals surface area contributed by atoms with Crippen LogP contribution < -0.4 is 5.43 Å². The molecule has 104 valence electrons. The summed E-state index contributed by atoms with van der Waals surface area (Å²) < 4.78 is 5.42. The molecule has 3 rings (SSSR count). The Kier molecular flexibility index (Phi) is 3.35. The highest BCUT2D eigenvalue weighted by Crippen LogP contribution is 2.16. The zero-order chi connectivity index (χ0) is 15.0. The molecule has 4 heteroatoms. The quantitative estimate of drug-likeness (QED) is 0.672. The topological polar surface area (TPSA) is 47.3 Å². The second-order valence-corrected chi connectivity index (χ2v) is 5.25. The number of halogens is 1. The van der Waals surface area contributed by atoms with Crippen LogP contribution in [0.25, 0.3) is 11.0 Å². The van der Waals surface area contributed by atoms with Gasteiger partial charge in [-0.25, -0.2) is 0 Å². The largest absolute Gasteiger partial charge is 0.463 e. The van der Waals surface area contributed by atoms with Crippen LogP contribution in [0, 0.1) is 6.92 Å². The van der Waals surface area contributed by atoms with Gasteiger partial charge < -0.3 is 4.42 Å². The van der Waals surface area contributed by atoms with Gasteiger partial charge in [-0.1, -0.05) is 17.7 Å². The monoisotopic (exact) mass is 298 g/mol. The van der Waals surface area contributed by atoms with E-state index in [1.807, 2.05) is 13.0 Å². The molecule has 21 heavy (non-hydrogen) atoms. The van der Waals surface area contributed by atoms with E-state index in [-0.39, 0.29) is 16.8 Å². The summed E-state index contributed by atoms with van der Waals surface area (Å²) >= 11 is 5.80. The molecule has 1 aromatic heterocycles. The van der Waals surface area contributed by atoms with Crippen LogP contribution in [0.1, 0.15) is 21.5 Å². The van der Waals surface area contributed by atoms with Gasteiger partial charge in [-0.2, -0.15) is 0 Å². The van der Waals surface area contributed by atoms with Crippen molar-refractivity contribution >= 4 is 28.4 Å². The summed E-state index contributed by atoms with van der Waals surface area (Å²) in [5.74, 6) is -0.372. The lowest BCUT2D eigenvalue weighted by molar-refractivity contribution is 0.103. The van der Waals surface area contributed by atoms with E-state index in [2.05, 4.69) is 0 Å². The zero-order valence-electron chi connectivity index (χ0n) is 11.2. The van der Waals surface area contributed by atoms with Gasteiger partial charge in [-0.15, -0.1) is 0 Å². The third-order valence-electron chi connectivity index (χ3n) is 3.28.